The maximum absolute atomic E-state index is 10.8. The molecule has 4 heteroatoms. The highest BCUT2D eigenvalue weighted by molar-refractivity contribution is 5.77. The molecular formula is C15H24O4. The summed E-state index contributed by atoms with van der Waals surface area (Å²) in [6.07, 6.45) is 13.3. The first-order valence-corrected chi connectivity index (χ1v) is 6.82. The van der Waals surface area contributed by atoms with Gasteiger partial charge in [0.25, 0.3) is 0 Å². The lowest BCUT2D eigenvalue weighted by Crippen LogP contribution is -2.16. The van der Waals surface area contributed by atoms with E-state index in [4.69, 9.17) is 10.2 Å². The van der Waals surface area contributed by atoms with Crippen molar-refractivity contribution in [1.29, 1.82) is 0 Å². The number of carboxylic acid groups (broad SMARTS) is 2. The van der Waals surface area contributed by atoms with Gasteiger partial charge in [-0.1, -0.05) is 31.2 Å². The summed E-state index contributed by atoms with van der Waals surface area (Å²) in [7, 11) is 0. The topological polar surface area (TPSA) is 74.6 Å². The van der Waals surface area contributed by atoms with Gasteiger partial charge in [-0.2, -0.15) is 0 Å². The summed E-state index contributed by atoms with van der Waals surface area (Å²) in [6, 6.07) is 0. The highest BCUT2D eigenvalue weighted by atomic mass is 16.4. The number of carboxylic acids is 2. The van der Waals surface area contributed by atoms with Gasteiger partial charge in [0.05, 0.1) is 12.3 Å². The zero-order valence-corrected chi connectivity index (χ0v) is 11.5. The average molecular weight is 268 g/mol. The molecule has 0 aliphatic heterocycles. The molecule has 1 atom stereocenters. The molecule has 0 aromatic rings. The molecule has 108 valence electrons. The Morgan fingerprint density at radius 1 is 1.00 bits per heavy atom. The third kappa shape index (κ3) is 11.3. The van der Waals surface area contributed by atoms with Crippen LogP contribution in [0, 0.1) is 5.92 Å². The second-order valence-corrected chi connectivity index (χ2v) is 4.50. The van der Waals surface area contributed by atoms with Crippen LogP contribution in [0.5, 0.6) is 0 Å². The summed E-state index contributed by atoms with van der Waals surface area (Å²) >= 11 is 0. The number of carbonyl (C=O) groups is 2. The van der Waals surface area contributed by atoms with Crippen molar-refractivity contribution in [2.45, 2.75) is 51.9 Å². The van der Waals surface area contributed by atoms with E-state index in [0.29, 0.717) is 0 Å². The molecule has 1 unspecified atom stereocenters. The molecule has 0 radical (unpaired) electrons. The van der Waals surface area contributed by atoms with Crippen LogP contribution < -0.4 is 0 Å². The monoisotopic (exact) mass is 268 g/mol. The van der Waals surface area contributed by atoms with Crippen LogP contribution in [0.1, 0.15) is 51.9 Å². The predicted octanol–water partition coefficient (Wildman–Crippen LogP) is 3.63. The van der Waals surface area contributed by atoms with Crippen molar-refractivity contribution in [3.63, 3.8) is 0 Å². The molecule has 0 bridgehead atoms. The summed E-state index contributed by atoms with van der Waals surface area (Å²) in [6.45, 7) is 2.11. The first-order valence-electron chi connectivity index (χ1n) is 6.82. The van der Waals surface area contributed by atoms with E-state index >= 15 is 0 Å². The van der Waals surface area contributed by atoms with Crippen LogP contribution in [-0.4, -0.2) is 22.2 Å². The van der Waals surface area contributed by atoms with Crippen LogP contribution in [0.3, 0.4) is 0 Å². The number of aliphatic carboxylic acids is 2. The fourth-order valence-electron chi connectivity index (χ4n) is 1.67. The van der Waals surface area contributed by atoms with Gasteiger partial charge in [-0.3, -0.25) is 9.59 Å². The smallest absolute Gasteiger partial charge is 0.307 e. The van der Waals surface area contributed by atoms with Crippen molar-refractivity contribution >= 4 is 11.9 Å². The molecule has 0 aromatic carbocycles. The standard InChI is InChI=1S/C15H24O4/c1-2-3-4-5-6-7-8-9-10-11-13(15(18)19)12-14(16)17/h3-4,9-10,13H,2,5-8,11-12H2,1H3,(H,16,17)(H,18,19)/b4-3+,10-9+. The molecule has 0 aliphatic rings. The van der Waals surface area contributed by atoms with E-state index in [1.165, 1.54) is 0 Å². The summed E-state index contributed by atoms with van der Waals surface area (Å²) in [5.74, 6) is -2.93. The Morgan fingerprint density at radius 2 is 1.58 bits per heavy atom. The van der Waals surface area contributed by atoms with E-state index in [9.17, 15) is 9.59 Å². The highest BCUT2D eigenvalue weighted by Gasteiger charge is 2.18. The van der Waals surface area contributed by atoms with E-state index in [-0.39, 0.29) is 12.8 Å². The molecule has 19 heavy (non-hydrogen) atoms. The van der Waals surface area contributed by atoms with Crippen LogP contribution in [0.15, 0.2) is 24.3 Å². The van der Waals surface area contributed by atoms with Gasteiger partial charge in [0, 0.05) is 0 Å². The van der Waals surface area contributed by atoms with Crippen molar-refractivity contribution in [3.05, 3.63) is 24.3 Å². The zero-order chi connectivity index (χ0) is 14.5. The fourth-order valence-corrected chi connectivity index (χ4v) is 1.67. The second-order valence-electron chi connectivity index (χ2n) is 4.50. The molecule has 0 aliphatic carbocycles. The van der Waals surface area contributed by atoms with Crippen LogP contribution in [0.25, 0.3) is 0 Å². The number of unbranched alkanes of at least 4 members (excludes halogenated alkanes) is 3. The van der Waals surface area contributed by atoms with Gasteiger partial charge in [-0.25, -0.2) is 0 Å². The van der Waals surface area contributed by atoms with E-state index in [0.717, 1.165) is 32.1 Å². The van der Waals surface area contributed by atoms with Gasteiger partial charge in [0.2, 0.25) is 0 Å². The number of hydrogen-bond donors (Lipinski definition) is 2. The van der Waals surface area contributed by atoms with Crippen molar-refractivity contribution in [3.8, 4) is 0 Å². The van der Waals surface area contributed by atoms with Gasteiger partial charge < -0.3 is 10.2 Å². The number of allylic oxidation sites excluding steroid dienone is 4. The molecule has 0 fully saturated rings. The van der Waals surface area contributed by atoms with Gasteiger partial charge in [0.1, 0.15) is 0 Å². The quantitative estimate of drug-likeness (QED) is 0.443. The van der Waals surface area contributed by atoms with Crippen LogP contribution in [-0.2, 0) is 9.59 Å². The Morgan fingerprint density at radius 3 is 2.05 bits per heavy atom. The first-order chi connectivity index (χ1) is 9.07. The van der Waals surface area contributed by atoms with E-state index < -0.39 is 17.9 Å². The van der Waals surface area contributed by atoms with E-state index in [2.05, 4.69) is 19.1 Å². The molecule has 0 amide bonds. The lowest BCUT2D eigenvalue weighted by Gasteiger charge is -2.05. The number of rotatable bonds is 11. The Balaban J connectivity index is 3.72. The molecule has 0 rings (SSSR count). The lowest BCUT2D eigenvalue weighted by atomic mass is 10.0. The molecule has 0 aromatic heterocycles. The molecule has 0 heterocycles. The van der Waals surface area contributed by atoms with Gasteiger partial charge in [-0.15, -0.1) is 0 Å². The van der Waals surface area contributed by atoms with E-state index in [1.807, 2.05) is 6.08 Å². The second kappa shape index (κ2) is 11.5. The summed E-state index contributed by atoms with van der Waals surface area (Å²) in [5, 5.41) is 17.4. The van der Waals surface area contributed by atoms with Gasteiger partial charge >= 0.3 is 11.9 Å². The highest BCUT2D eigenvalue weighted by Crippen LogP contribution is 2.11. The Bertz CT molecular complexity index is 318. The minimum absolute atomic E-state index is 0.289. The lowest BCUT2D eigenvalue weighted by molar-refractivity contribution is -0.148. The summed E-state index contributed by atoms with van der Waals surface area (Å²) in [4.78, 5) is 21.3. The van der Waals surface area contributed by atoms with Crippen molar-refractivity contribution < 1.29 is 19.8 Å². The van der Waals surface area contributed by atoms with Crippen molar-refractivity contribution in [1.82, 2.24) is 0 Å². The van der Waals surface area contributed by atoms with Gasteiger partial charge in [-0.05, 0) is 38.5 Å². The zero-order valence-electron chi connectivity index (χ0n) is 11.5. The number of hydrogen-bond acceptors (Lipinski definition) is 2. The molecule has 0 saturated heterocycles. The molecular weight excluding hydrogens is 244 g/mol. The maximum Gasteiger partial charge on any atom is 0.307 e. The molecule has 4 nitrogen and oxygen atoms in total. The van der Waals surface area contributed by atoms with Crippen molar-refractivity contribution in [2.24, 2.45) is 5.92 Å². The van der Waals surface area contributed by atoms with Crippen LogP contribution in [0.2, 0.25) is 0 Å². The van der Waals surface area contributed by atoms with Crippen LogP contribution in [0.4, 0.5) is 0 Å². The molecule has 0 spiro atoms. The third-order valence-corrected chi connectivity index (χ3v) is 2.75. The van der Waals surface area contributed by atoms with Gasteiger partial charge in [0.15, 0.2) is 0 Å². The minimum atomic E-state index is -1.07. The maximum atomic E-state index is 10.8. The minimum Gasteiger partial charge on any atom is -0.481 e. The summed E-state index contributed by atoms with van der Waals surface area (Å²) < 4.78 is 0. The Kier molecular flexibility index (Phi) is 10.6. The third-order valence-electron chi connectivity index (χ3n) is 2.75. The van der Waals surface area contributed by atoms with E-state index in [1.54, 1.807) is 6.08 Å². The predicted molar refractivity (Wildman–Crippen MR) is 75.0 cm³/mol. The average Bonchev–Trinajstić information content (AvgIpc) is 2.34. The Labute approximate surface area is 114 Å². The largest absolute Gasteiger partial charge is 0.481 e. The SMILES string of the molecule is CC/C=C/CCCC/C=C/CC(CC(=O)O)C(=O)O. The first kappa shape index (κ1) is 17.4. The van der Waals surface area contributed by atoms with Crippen LogP contribution >= 0.6 is 0 Å². The molecule has 2 N–H and O–H groups in total. The normalized spacial score (nSPS) is 13.1. The molecule has 0 saturated carbocycles. The van der Waals surface area contributed by atoms with Crippen molar-refractivity contribution in [2.75, 3.05) is 0 Å². The fraction of sp³-hybridized carbons (Fsp3) is 0.600. The Hall–Kier alpha value is -1.58. The summed E-state index contributed by atoms with van der Waals surface area (Å²) in [5.41, 5.74) is 0.